The Morgan fingerprint density at radius 1 is 1.22 bits per heavy atom. The van der Waals surface area contributed by atoms with E-state index in [2.05, 4.69) is 21.4 Å². The maximum atomic E-state index is 12.7. The predicted molar refractivity (Wildman–Crippen MR) is 135 cm³/mol. The Labute approximate surface area is 207 Å². The molecule has 1 fully saturated rings. The number of hydrogen-bond donors (Lipinski definition) is 2. The summed E-state index contributed by atoms with van der Waals surface area (Å²) in [5, 5.41) is 18.1. The largest absolute Gasteiger partial charge is 0.444 e. The molecule has 1 aliphatic rings. The van der Waals surface area contributed by atoms with E-state index < -0.39 is 5.60 Å². The lowest BCUT2D eigenvalue weighted by molar-refractivity contribution is 0.0203. The molecule has 0 radical (unpaired) electrons. The first kappa shape index (κ1) is 23.4. The number of piperidine rings is 1. The lowest BCUT2D eigenvalue weighted by atomic mass is 9.93. The summed E-state index contributed by atoms with van der Waals surface area (Å²) in [5.41, 5.74) is 3.22. The van der Waals surface area contributed by atoms with Gasteiger partial charge >= 0.3 is 6.09 Å². The minimum absolute atomic E-state index is 0.0655. The van der Waals surface area contributed by atoms with Gasteiger partial charge in [0.1, 0.15) is 17.3 Å². The number of nitrogens with one attached hydrogen (secondary N) is 2. The lowest BCUT2D eigenvalue weighted by Gasteiger charge is -2.33. The molecule has 0 bridgehead atoms. The molecule has 0 spiro atoms. The van der Waals surface area contributed by atoms with Crippen LogP contribution in [-0.4, -0.2) is 49.3 Å². The van der Waals surface area contributed by atoms with Crippen molar-refractivity contribution in [1.29, 1.82) is 5.26 Å². The highest BCUT2D eigenvalue weighted by molar-refractivity contribution is 6.03. The normalized spacial score (nSPS) is 14.7. The van der Waals surface area contributed by atoms with Gasteiger partial charge in [0, 0.05) is 31.3 Å². The van der Waals surface area contributed by atoms with E-state index in [1.165, 1.54) is 6.20 Å². The first-order valence-electron chi connectivity index (χ1n) is 11.9. The third-order valence-electron chi connectivity index (χ3n) is 6.18. The second kappa shape index (κ2) is 9.00. The van der Waals surface area contributed by atoms with Crippen LogP contribution < -0.4 is 10.9 Å². The van der Waals surface area contributed by atoms with Gasteiger partial charge in [-0.2, -0.15) is 10.4 Å². The smallest absolute Gasteiger partial charge is 0.410 e. The van der Waals surface area contributed by atoms with Crippen LogP contribution in [-0.2, 0) is 4.74 Å². The summed E-state index contributed by atoms with van der Waals surface area (Å²) in [4.78, 5) is 34.0. The predicted octanol–water partition coefficient (Wildman–Crippen LogP) is 4.30. The van der Waals surface area contributed by atoms with E-state index in [1.54, 1.807) is 27.7 Å². The minimum atomic E-state index is -0.542. The first-order chi connectivity index (χ1) is 17.2. The average molecular weight is 486 g/mol. The van der Waals surface area contributed by atoms with E-state index in [0.29, 0.717) is 42.8 Å². The van der Waals surface area contributed by atoms with Gasteiger partial charge in [-0.25, -0.2) is 9.31 Å². The molecule has 184 valence electrons. The van der Waals surface area contributed by atoms with Gasteiger partial charge in [-0.15, -0.1) is 0 Å². The van der Waals surface area contributed by atoms with Crippen molar-refractivity contribution in [3.05, 3.63) is 64.3 Å². The fraction of sp³-hybridized carbons (Fsp3) is 0.346. The summed E-state index contributed by atoms with van der Waals surface area (Å²) in [7, 11) is 0. The highest BCUT2D eigenvalue weighted by atomic mass is 16.6. The van der Waals surface area contributed by atoms with Gasteiger partial charge in [-0.05, 0) is 51.8 Å². The van der Waals surface area contributed by atoms with Crippen LogP contribution in [0, 0.1) is 11.3 Å². The summed E-state index contributed by atoms with van der Waals surface area (Å²) in [5.74, 6) is 0.0655. The van der Waals surface area contributed by atoms with Gasteiger partial charge in [0.05, 0.1) is 39.7 Å². The van der Waals surface area contributed by atoms with Crippen LogP contribution in [0.3, 0.4) is 0 Å². The molecule has 2 N–H and O–H groups in total. The molecule has 4 heterocycles. The summed E-state index contributed by atoms with van der Waals surface area (Å²) < 4.78 is 7.31. The first-order valence-corrected chi connectivity index (χ1v) is 11.9. The minimum Gasteiger partial charge on any atom is -0.444 e. The quantitative estimate of drug-likeness (QED) is 0.443. The Morgan fingerprint density at radius 2 is 2.00 bits per heavy atom. The molecule has 4 aromatic rings. The number of nitrogens with zero attached hydrogens (tertiary/aromatic N) is 5. The highest BCUT2D eigenvalue weighted by Crippen LogP contribution is 2.33. The number of fused-ring (bicyclic) bond motifs is 3. The van der Waals surface area contributed by atoms with Gasteiger partial charge in [0.15, 0.2) is 0 Å². The Kier molecular flexibility index (Phi) is 5.84. The molecule has 36 heavy (non-hydrogen) atoms. The SMILES string of the molecule is CC(C)(C)OC(=O)N1CCC(c2cc(=O)[nH]c3c4c(Nc5cncc(C#N)c5)cccc4nn23)CC1. The number of amides is 1. The van der Waals surface area contributed by atoms with Crippen molar-refractivity contribution in [1.82, 2.24) is 24.5 Å². The second-order valence-electron chi connectivity index (χ2n) is 9.96. The number of carbonyl (C=O) groups excluding carboxylic acids is 1. The molecular weight excluding hydrogens is 458 g/mol. The number of H-pyrrole nitrogens is 1. The number of hydrogen-bond acceptors (Lipinski definition) is 7. The zero-order valence-electron chi connectivity index (χ0n) is 20.4. The molecule has 1 aliphatic heterocycles. The van der Waals surface area contributed by atoms with Crippen molar-refractivity contribution >= 4 is 34.0 Å². The number of ether oxygens (including phenoxy) is 1. The van der Waals surface area contributed by atoms with Crippen LogP contribution in [0.2, 0.25) is 0 Å². The molecule has 0 atom stereocenters. The lowest BCUT2D eigenvalue weighted by Crippen LogP contribution is -2.41. The molecular formula is C26H27N7O3. The van der Waals surface area contributed by atoms with Gasteiger partial charge in [-0.3, -0.25) is 9.78 Å². The molecule has 0 aliphatic carbocycles. The van der Waals surface area contributed by atoms with Crippen LogP contribution in [0.5, 0.6) is 0 Å². The average Bonchev–Trinajstić information content (AvgIpc) is 3.22. The summed E-state index contributed by atoms with van der Waals surface area (Å²) in [6.07, 6.45) is 4.22. The van der Waals surface area contributed by atoms with Gasteiger partial charge < -0.3 is 19.9 Å². The number of nitriles is 1. The Morgan fingerprint density at radius 3 is 2.72 bits per heavy atom. The molecule has 5 rings (SSSR count). The van der Waals surface area contributed by atoms with E-state index in [9.17, 15) is 14.9 Å². The van der Waals surface area contributed by atoms with Crippen LogP contribution in [0.4, 0.5) is 16.2 Å². The molecule has 3 aromatic heterocycles. The number of anilines is 2. The number of benzene rings is 1. The van der Waals surface area contributed by atoms with Crippen molar-refractivity contribution in [3.63, 3.8) is 0 Å². The number of carbonyl (C=O) groups is 1. The number of likely N-dealkylation sites (tertiary alicyclic amines) is 1. The third kappa shape index (κ3) is 4.60. The molecule has 0 saturated carbocycles. The molecule has 1 aromatic carbocycles. The number of aromatic amines is 1. The monoisotopic (exact) mass is 485 g/mol. The van der Waals surface area contributed by atoms with Crippen molar-refractivity contribution in [2.45, 2.75) is 45.1 Å². The number of pyridine rings is 1. The summed E-state index contributed by atoms with van der Waals surface area (Å²) >= 11 is 0. The van der Waals surface area contributed by atoms with Crippen molar-refractivity contribution in [2.75, 3.05) is 18.4 Å². The zero-order chi connectivity index (χ0) is 25.4. The molecule has 1 amide bonds. The number of aromatic nitrogens is 4. The maximum absolute atomic E-state index is 12.7. The van der Waals surface area contributed by atoms with Crippen molar-refractivity contribution in [2.24, 2.45) is 0 Å². The van der Waals surface area contributed by atoms with Crippen LogP contribution in [0.15, 0.2) is 47.5 Å². The topological polar surface area (TPSA) is 128 Å². The van der Waals surface area contributed by atoms with Gasteiger partial charge in [-0.1, -0.05) is 6.07 Å². The van der Waals surface area contributed by atoms with Crippen molar-refractivity contribution < 1.29 is 9.53 Å². The summed E-state index contributed by atoms with van der Waals surface area (Å²) in [6, 6.07) is 11.1. The molecule has 10 nitrogen and oxygen atoms in total. The fourth-order valence-corrected chi connectivity index (χ4v) is 4.59. The van der Waals surface area contributed by atoms with E-state index in [1.807, 2.05) is 39.0 Å². The fourth-order valence-electron chi connectivity index (χ4n) is 4.59. The Hall–Kier alpha value is -4.39. The summed E-state index contributed by atoms with van der Waals surface area (Å²) in [6.45, 7) is 6.65. The van der Waals surface area contributed by atoms with Crippen LogP contribution in [0.1, 0.15) is 50.8 Å². The standard InChI is InChI=1S/C26H27N7O3/c1-26(2,3)36-25(35)32-9-7-17(8-10-32)21-12-22(34)30-24-23-19(5-4-6-20(23)31-33(21)24)29-18-11-16(13-27)14-28-15-18/h4-6,11-12,14-15,17,29H,7-10H2,1-3H3,(H,30,34). The van der Waals surface area contributed by atoms with Crippen LogP contribution in [0.25, 0.3) is 16.6 Å². The third-order valence-corrected chi connectivity index (χ3v) is 6.18. The molecule has 10 heteroatoms. The Balaban J connectivity index is 1.48. The zero-order valence-corrected chi connectivity index (χ0v) is 20.4. The van der Waals surface area contributed by atoms with E-state index in [0.717, 1.165) is 22.3 Å². The van der Waals surface area contributed by atoms with E-state index in [-0.39, 0.29) is 17.6 Å². The van der Waals surface area contributed by atoms with Crippen LogP contribution >= 0.6 is 0 Å². The highest BCUT2D eigenvalue weighted by Gasteiger charge is 2.29. The van der Waals surface area contributed by atoms with Gasteiger partial charge in [0.25, 0.3) is 5.56 Å². The van der Waals surface area contributed by atoms with E-state index in [4.69, 9.17) is 9.84 Å². The van der Waals surface area contributed by atoms with E-state index >= 15 is 0 Å². The van der Waals surface area contributed by atoms with Gasteiger partial charge in [0.2, 0.25) is 0 Å². The van der Waals surface area contributed by atoms with Crippen molar-refractivity contribution in [3.8, 4) is 6.07 Å². The molecule has 1 saturated heterocycles. The molecule has 0 unspecified atom stereocenters. The maximum Gasteiger partial charge on any atom is 0.410 e. The number of rotatable bonds is 3. The Bertz CT molecular complexity index is 1550. The second-order valence-corrected chi connectivity index (χ2v) is 9.96.